The Balaban J connectivity index is 1.95. The van der Waals surface area contributed by atoms with E-state index in [4.69, 9.17) is 0 Å². The predicted octanol–water partition coefficient (Wildman–Crippen LogP) is 1.67. The predicted molar refractivity (Wildman–Crippen MR) is 57.3 cm³/mol. The zero-order valence-electron chi connectivity index (χ0n) is 9.03. The average molecular weight is 193 g/mol. The highest BCUT2D eigenvalue weighted by Gasteiger charge is 2.19. The van der Waals surface area contributed by atoms with Crippen LogP contribution in [-0.4, -0.2) is 22.4 Å². The number of hydrogen-bond acceptors (Lipinski definition) is 2. The van der Waals surface area contributed by atoms with Gasteiger partial charge in [-0.2, -0.15) is 5.10 Å². The molecule has 1 aromatic heterocycles. The molecule has 0 saturated carbocycles. The lowest BCUT2D eigenvalue weighted by Crippen LogP contribution is -2.23. The van der Waals surface area contributed by atoms with Crippen LogP contribution in [0.3, 0.4) is 0 Å². The quantitative estimate of drug-likeness (QED) is 0.791. The molecule has 0 spiro atoms. The molecule has 1 aliphatic heterocycles. The maximum atomic E-state index is 4.21. The zero-order chi connectivity index (χ0) is 9.97. The lowest BCUT2D eigenvalue weighted by atomic mass is 9.97. The maximum absolute atomic E-state index is 4.21. The molecule has 78 valence electrons. The van der Waals surface area contributed by atoms with Crippen molar-refractivity contribution in [3.8, 4) is 0 Å². The minimum Gasteiger partial charge on any atom is -0.314 e. The Kier molecular flexibility index (Phi) is 2.87. The van der Waals surface area contributed by atoms with E-state index >= 15 is 0 Å². The summed E-state index contributed by atoms with van der Waals surface area (Å²) in [6, 6.07) is 2.85. The van der Waals surface area contributed by atoms with Crippen molar-refractivity contribution in [2.24, 2.45) is 7.05 Å². The van der Waals surface area contributed by atoms with E-state index in [1.54, 1.807) is 0 Å². The van der Waals surface area contributed by atoms with Crippen LogP contribution in [0.1, 0.15) is 37.8 Å². The van der Waals surface area contributed by atoms with E-state index in [1.807, 2.05) is 17.9 Å². The third kappa shape index (κ3) is 1.98. The molecule has 0 aromatic carbocycles. The minimum atomic E-state index is 0.609. The van der Waals surface area contributed by atoms with Crippen LogP contribution in [0, 0.1) is 0 Å². The van der Waals surface area contributed by atoms with Crippen molar-refractivity contribution in [2.75, 3.05) is 6.54 Å². The van der Waals surface area contributed by atoms with Crippen LogP contribution < -0.4 is 5.32 Å². The van der Waals surface area contributed by atoms with Gasteiger partial charge in [-0.3, -0.25) is 4.68 Å². The monoisotopic (exact) mass is 193 g/mol. The van der Waals surface area contributed by atoms with Crippen molar-refractivity contribution < 1.29 is 0 Å². The molecule has 0 radical (unpaired) electrons. The highest BCUT2D eigenvalue weighted by molar-refractivity contribution is 5.07. The van der Waals surface area contributed by atoms with Gasteiger partial charge in [0.05, 0.1) is 0 Å². The number of aromatic nitrogens is 2. The van der Waals surface area contributed by atoms with Gasteiger partial charge in [-0.25, -0.2) is 0 Å². The van der Waals surface area contributed by atoms with E-state index in [2.05, 4.69) is 23.4 Å². The highest BCUT2D eigenvalue weighted by atomic mass is 15.3. The van der Waals surface area contributed by atoms with E-state index in [1.165, 1.54) is 31.5 Å². The van der Waals surface area contributed by atoms with E-state index in [-0.39, 0.29) is 0 Å². The summed E-state index contributed by atoms with van der Waals surface area (Å²) >= 11 is 0. The van der Waals surface area contributed by atoms with Gasteiger partial charge in [0.2, 0.25) is 0 Å². The number of rotatable bonds is 3. The molecule has 2 atom stereocenters. The fraction of sp³-hybridized carbons (Fsp3) is 0.727. The number of nitrogens with one attached hydrogen (secondary N) is 1. The second-order valence-corrected chi connectivity index (χ2v) is 4.31. The van der Waals surface area contributed by atoms with Gasteiger partial charge in [0.15, 0.2) is 0 Å². The van der Waals surface area contributed by atoms with Crippen LogP contribution in [0.5, 0.6) is 0 Å². The fourth-order valence-electron chi connectivity index (χ4n) is 2.37. The summed E-state index contributed by atoms with van der Waals surface area (Å²) in [6.07, 6.45) is 5.79. The number of hydrogen-bond donors (Lipinski definition) is 1. The number of aryl methyl sites for hydroxylation is 1. The Hall–Kier alpha value is -0.830. The van der Waals surface area contributed by atoms with Gasteiger partial charge in [0.25, 0.3) is 0 Å². The molecule has 0 amide bonds. The standard InChI is InChI=1S/C11H19N3/c1-9(8-10-4-3-6-12-10)11-5-7-13-14(11)2/h5,7,9-10,12H,3-4,6,8H2,1-2H3. The molecule has 3 nitrogen and oxygen atoms in total. The van der Waals surface area contributed by atoms with Gasteiger partial charge in [0, 0.05) is 25.0 Å². The van der Waals surface area contributed by atoms with E-state index in [0.717, 1.165) is 6.04 Å². The topological polar surface area (TPSA) is 29.9 Å². The van der Waals surface area contributed by atoms with E-state index in [9.17, 15) is 0 Å². The Morgan fingerprint density at radius 2 is 2.57 bits per heavy atom. The van der Waals surface area contributed by atoms with Crippen molar-refractivity contribution in [3.63, 3.8) is 0 Å². The molecular weight excluding hydrogens is 174 g/mol. The second kappa shape index (κ2) is 4.13. The fourth-order valence-corrected chi connectivity index (χ4v) is 2.37. The highest BCUT2D eigenvalue weighted by Crippen LogP contribution is 2.22. The van der Waals surface area contributed by atoms with Crippen molar-refractivity contribution in [3.05, 3.63) is 18.0 Å². The first-order valence-corrected chi connectivity index (χ1v) is 5.48. The molecule has 1 N–H and O–H groups in total. The molecule has 2 heterocycles. The molecule has 2 unspecified atom stereocenters. The first kappa shape index (κ1) is 9.71. The number of nitrogens with zero attached hydrogens (tertiary/aromatic N) is 2. The maximum Gasteiger partial charge on any atom is 0.0492 e. The summed E-state index contributed by atoms with van der Waals surface area (Å²) in [5, 5.41) is 7.75. The Bertz CT molecular complexity index is 286. The van der Waals surface area contributed by atoms with Crippen molar-refractivity contribution in [1.82, 2.24) is 15.1 Å². The van der Waals surface area contributed by atoms with Crippen molar-refractivity contribution in [2.45, 2.75) is 38.1 Å². The first-order valence-electron chi connectivity index (χ1n) is 5.48. The lowest BCUT2D eigenvalue weighted by Gasteiger charge is -2.16. The summed E-state index contributed by atoms with van der Waals surface area (Å²) in [6.45, 7) is 3.49. The summed E-state index contributed by atoms with van der Waals surface area (Å²) in [5.74, 6) is 0.609. The molecule has 1 saturated heterocycles. The van der Waals surface area contributed by atoms with Crippen LogP contribution in [0.15, 0.2) is 12.3 Å². The van der Waals surface area contributed by atoms with E-state index < -0.39 is 0 Å². The Labute approximate surface area is 85.5 Å². The summed E-state index contributed by atoms with van der Waals surface area (Å²) < 4.78 is 1.99. The smallest absolute Gasteiger partial charge is 0.0492 e. The molecule has 0 aliphatic carbocycles. The van der Waals surface area contributed by atoms with Crippen LogP contribution in [0.4, 0.5) is 0 Å². The summed E-state index contributed by atoms with van der Waals surface area (Å²) in [4.78, 5) is 0. The molecule has 0 bridgehead atoms. The normalized spacial score (nSPS) is 24.0. The van der Waals surface area contributed by atoms with Gasteiger partial charge in [-0.05, 0) is 37.8 Å². The molecule has 3 heteroatoms. The largest absolute Gasteiger partial charge is 0.314 e. The summed E-state index contributed by atoms with van der Waals surface area (Å²) in [5.41, 5.74) is 1.35. The molecular formula is C11H19N3. The van der Waals surface area contributed by atoms with Gasteiger partial charge >= 0.3 is 0 Å². The van der Waals surface area contributed by atoms with E-state index in [0.29, 0.717) is 5.92 Å². The average Bonchev–Trinajstić information content (AvgIpc) is 2.75. The van der Waals surface area contributed by atoms with Crippen LogP contribution >= 0.6 is 0 Å². The zero-order valence-corrected chi connectivity index (χ0v) is 9.03. The van der Waals surface area contributed by atoms with Crippen LogP contribution in [-0.2, 0) is 7.05 Å². The lowest BCUT2D eigenvalue weighted by molar-refractivity contribution is 0.491. The van der Waals surface area contributed by atoms with Gasteiger partial charge in [-0.1, -0.05) is 6.92 Å². The Morgan fingerprint density at radius 3 is 3.14 bits per heavy atom. The van der Waals surface area contributed by atoms with Crippen molar-refractivity contribution in [1.29, 1.82) is 0 Å². The molecule has 1 aromatic rings. The molecule has 1 fully saturated rings. The molecule has 14 heavy (non-hydrogen) atoms. The second-order valence-electron chi connectivity index (χ2n) is 4.31. The van der Waals surface area contributed by atoms with Crippen molar-refractivity contribution >= 4 is 0 Å². The van der Waals surface area contributed by atoms with Crippen LogP contribution in [0.2, 0.25) is 0 Å². The summed E-state index contributed by atoms with van der Waals surface area (Å²) in [7, 11) is 2.02. The first-order chi connectivity index (χ1) is 6.77. The third-order valence-electron chi connectivity index (χ3n) is 3.16. The minimum absolute atomic E-state index is 0.609. The Morgan fingerprint density at radius 1 is 1.71 bits per heavy atom. The third-order valence-corrected chi connectivity index (χ3v) is 3.16. The molecule has 2 rings (SSSR count). The van der Waals surface area contributed by atoms with Crippen LogP contribution in [0.25, 0.3) is 0 Å². The molecule has 1 aliphatic rings. The van der Waals surface area contributed by atoms with Gasteiger partial charge < -0.3 is 5.32 Å². The van der Waals surface area contributed by atoms with Gasteiger partial charge in [0.1, 0.15) is 0 Å². The SMILES string of the molecule is CC(CC1CCCN1)c1ccnn1C. The van der Waals surface area contributed by atoms with Gasteiger partial charge in [-0.15, -0.1) is 0 Å².